The highest BCUT2D eigenvalue weighted by Crippen LogP contribution is 2.00. The van der Waals surface area contributed by atoms with Crippen molar-refractivity contribution in [3.63, 3.8) is 0 Å². The van der Waals surface area contributed by atoms with Crippen LogP contribution in [0.2, 0.25) is 0 Å². The molecule has 0 bridgehead atoms. The fourth-order valence-electron chi connectivity index (χ4n) is 0.967. The largest absolute Gasteiger partial charge is 0.388 e. The number of aliphatic hydroxyl groups is 1. The molecule has 0 fully saturated rings. The lowest BCUT2D eigenvalue weighted by Gasteiger charge is -2.02. The number of thioether (sulfide) groups is 1. The number of nitrogens with zero attached hydrogens (tertiary/aromatic N) is 3. The number of rotatable bonds is 5. The van der Waals surface area contributed by atoms with Crippen molar-refractivity contribution in [1.82, 2.24) is 14.8 Å². The molecule has 0 saturated heterocycles. The lowest BCUT2D eigenvalue weighted by Crippen LogP contribution is -2.03. The summed E-state index contributed by atoms with van der Waals surface area (Å²) in [4.78, 5) is 0. The third-order valence-electron chi connectivity index (χ3n) is 1.58. The van der Waals surface area contributed by atoms with Crippen LogP contribution in [-0.2, 0) is 13.2 Å². The van der Waals surface area contributed by atoms with Gasteiger partial charge in [0.1, 0.15) is 12.9 Å². The first-order valence-electron chi connectivity index (χ1n) is 3.85. The zero-order valence-corrected chi connectivity index (χ0v) is 7.92. The molecule has 4 nitrogen and oxygen atoms in total. The van der Waals surface area contributed by atoms with Gasteiger partial charge in [0, 0.05) is 6.54 Å². The van der Waals surface area contributed by atoms with Gasteiger partial charge in [-0.2, -0.15) is 11.8 Å². The Kier molecular flexibility index (Phi) is 4.10. The van der Waals surface area contributed by atoms with E-state index in [0.29, 0.717) is 5.82 Å². The van der Waals surface area contributed by atoms with Gasteiger partial charge in [-0.15, -0.1) is 10.2 Å². The summed E-state index contributed by atoms with van der Waals surface area (Å²) in [5.41, 5.74) is 0. The van der Waals surface area contributed by atoms with Crippen LogP contribution in [0.15, 0.2) is 6.33 Å². The van der Waals surface area contributed by atoms with Gasteiger partial charge >= 0.3 is 0 Å². The summed E-state index contributed by atoms with van der Waals surface area (Å²) in [6.07, 6.45) is 4.83. The maximum absolute atomic E-state index is 8.84. The summed E-state index contributed by atoms with van der Waals surface area (Å²) >= 11 is 1.82. The molecule has 0 aliphatic carbocycles. The maximum Gasteiger partial charge on any atom is 0.158 e. The Balaban J connectivity index is 2.39. The SMILES string of the molecule is CSCCCn1cnnc1CO. The lowest BCUT2D eigenvalue weighted by atomic mass is 10.4. The molecule has 0 radical (unpaired) electrons. The molecule has 1 N–H and O–H groups in total. The predicted molar refractivity (Wildman–Crippen MR) is 48.9 cm³/mol. The summed E-state index contributed by atoms with van der Waals surface area (Å²) in [5.74, 6) is 1.78. The van der Waals surface area contributed by atoms with Gasteiger partial charge in [-0.1, -0.05) is 0 Å². The van der Waals surface area contributed by atoms with E-state index in [4.69, 9.17) is 5.11 Å². The Hall–Kier alpha value is -0.550. The number of hydrogen-bond acceptors (Lipinski definition) is 4. The van der Waals surface area contributed by atoms with E-state index in [0.717, 1.165) is 18.7 Å². The molecule has 1 heterocycles. The second-order valence-corrected chi connectivity index (χ2v) is 3.43. The van der Waals surface area contributed by atoms with Gasteiger partial charge in [0.15, 0.2) is 5.82 Å². The summed E-state index contributed by atoms with van der Waals surface area (Å²) in [5, 5.41) is 16.3. The molecule has 0 spiro atoms. The van der Waals surface area contributed by atoms with Gasteiger partial charge in [0.2, 0.25) is 0 Å². The van der Waals surface area contributed by atoms with Crippen LogP contribution in [0.5, 0.6) is 0 Å². The van der Waals surface area contributed by atoms with Crippen LogP contribution >= 0.6 is 11.8 Å². The molecule has 68 valence electrons. The smallest absolute Gasteiger partial charge is 0.158 e. The Morgan fingerprint density at radius 1 is 1.67 bits per heavy atom. The number of aliphatic hydroxyl groups excluding tert-OH is 1. The van der Waals surface area contributed by atoms with E-state index in [1.165, 1.54) is 0 Å². The number of aryl methyl sites for hydroxylation is 1. The monoisotopic (exact) mass is 187 g/mol. The number of hydrogen-bond donors (Lipinski definition) is 1. The second-order valence-electron chi connectivity index (χ2n) is 2.45. The van der Waals surface area contributed by atoms with Crippen molar-refractivity contribution in [3.05, 3.63) is 12.2 Å². The molecule has 0 saturated carbocycles. The van der Waals surface area contributed by atoms with Crippen molar-refractivity contribution < 1.29 is 5.11 Å². The summed E-state index contributed by atoms with van der Waals surface area (Å²) in [7, 11) is 0. The van der Waals surface area contributed by atoms with Crippen molar-refractivity contribution in [2.24, 2.45) is 0 Å². The van der Waals surface area contributed by atoms with E-state index < -0.39 is 0 Å². The van der Waals surface area contributed by atoms with Crippen LogP contribution in [0.4, 0.5) is 0 Å². The fraction of sp³-hybridized carbons (Fsp3) is 0.714. The number of aromatic nitrogens is 3. The van der Waals surface area contributed by atoms with E-state index in [9.17, 15) is 0 Å². The third kappa shape index (κ3) is 2.49. The molecule has 0 aliphatic heterocycles. The molecular formula is C7H13N3OS. The van der Waals surface area contributed by atoms with Gasteiger partial charge in [-0.3, -0.25) is 0 Å². The Morgan fingerprint density at radius 2 is 2.50 bits per heavy atom. The normalized spacial score (nSPS) is 10.5. The van der Waals surface area contributed by atoms with Crippen molar-refractivity contribution >= 4 is 11.8 Å². The quantitative estimate of drug-likeness (QED) is 0.683. The van der Waals surface area contributed by atoms with Crippen LogP contribution in [0, 0.1) is 0 Å². The average molecular weight is 187 g/mol. The molecule has 0 atom stereocenters. The van der Waals surface area contributed by atoms with Crippen LogP contribution in [0.25, 0.3) is 0 Å². The standard InChI is InChI=1S/C7H13N3OS/c1-12-4-2-3-10-6-8-9-7(10)5-11/h6,11H,2-5H2,1H3. The molecule has 5 heteroatoms. The van der Waals surface area contributed by atoms with Crippen molar-refractivity contribution in [2.45, 2.75) is 19.6 Å². The molecule has 0 unspecified atom stereocenters. The summed E-state index contributed by atoms with van der Waals surface area (Å²) in [6.45, 7) is 0.864. The molecule has 1 aromatic rings. The fourth-order valence-corrected chi connectivity index (χ4v) is 1.39. The first-order valence-corrected chi connectivity index (χ1v) is 5.24. The summed E-state index contributed by atoms with van der Waals surface area (Å²) in [6, 6.07) is 0. The highest BCUT2D eigenvalue weighted by molar-refractivity contribution is 7.98. The predicted octanol–water partition coefficient (Wildman–Crippen LogP) is 0.523. The molecule has 0 aliphatic rings. The topological polar surface area (TPSA) is 50.9 Å². The van der Waals surface area contributed by atoms with Crippen molar-refractivity contribution in [1.29, 1.82) is 0 Å². The minimum Gasteiger partial charge on any atom is -0.388 e. The molecule has 0 amide bonds. The lowest BCUT2D eigenvalue weighted by molar-refractivity contribution is 0.264. The molecule has 1 aromatic heterocycles. The van der Waals surface area contributed by atoms with Crippen LogP contribution < -0.4 is 0 Å². The average Bonchev–Trinajstić information content (AvgIpc) is 2.52. The van der Waals surface area contributed by atoms with Gasteiger partial charge in [-0.05, 0) is 18.4 Å². The van der Waals surface area contributed by atoms with Gasteiger partial charge in [0.25, 0.3) is 0 Å². The molecule has 1 rings (SSSR count). The van der Waals surface area contributed by atoms with E-state index in [2.05, 4.69) is 16.5 Å². The maximum atomic E-state index is 8.84. The zero-order chi connectivity index (χ0) is 8.81. The van der Waals surface area contributed by atoms with E-state index in [1.54, 1.807) is 6.33 Å². The van der Waals surface area contributed by atoms with Crippen molar-refractivity contribution in [3.8, 4) is 0 Å². The van der Waals surface area contributed by atoms with E-state index in [1.807, 2.05) is 16.3 Å². The van der Waals surface area contributed by atoms with Crippen LogP contribution in [0.1, 0.15) is 12.2 Å². The van der Waals surface area contributed by atoms with E-state index >= 15 is 0 Å². The zero-order valence-electron chi connectivity index (χ0n) is 7.10. The highest BCUT2D eigenvalue weighted by Gasteiger charge is 2.00. The van der Waals surface area contributed by atoms with Crippen LogP contribution in [-0.4, -0.2) is 31.9 Å². The first-order chi connectivity index (χ1) is 5.88. The summed E-state index contributed by atoms with van der Waals surface area (Å²) < 4.78 is 1.89. The Bertz CT molecular complexity index is 226. The second kappa shape index (κ2) is 5.16. The molecule has 12 heavy (non-hydrogen) atoms. The third-order valence-corrected chi connectivity index (χ3v) is 2.28. The Labute approximate surface area is 76.0 Å². The van der Waals surface area contributed by atoms with Gasteiger partial charge in [-0.25, -0.2) is 0 Å². The van der Waals surface area contributed by atoms with Crippen LogP contribution in [0.3, 0.4) is 0 Å². The highest BCUT2D eigenvalue weighted by atomic mass is 32.2. The van der Waals surface area contributed by atoms with Gasteiger partial charge in [0.05, 0.1) is 0 Å². The molecule has 0 aromatic carbocycles. The Morgan fingerprint density at radius 3 is 3.17 bits per heavy atom. The van der Waals surface area contributed by atoms with Gasteiger partial charge < -0.3 is 9.67 Å². The minimum absolute atomic E-state index is 0.0285. The minimum atomic E-state index is -0.0285. The molecular weight excluding hydrogens is 174 g/mol. The van der Waals surface area contributed by atoms with E-state index in [-0.39, 0.29) is 6.61 Å². The van der Waals surface area contributed by atoms with Crippen molar-refractivity contribution in [2.75, 3.05) is 12.0 Å². The first kappa shape index (κ1) is 9.54.